The fourth-order valence-electron chi connectivity index (χ4n) is 4.34. The highest BCUT2D eigenvalue weighted by atomic mass is 32.2. The first kappa shape index (κ1) is 24.2. The maximum atomic E-state index is 12.6. The monoisotopic (exact) mass is 508 g/mol. The van der Waals surface area contributed by atoms with Gasteiger partial charge in [-0.15, -0.1) is 21.5 Å². The Bertz CT molecular complexity index is 1010. The van der Waals surface area contributed by atoms with Crippen molar-refractivity contribution >= 4 is 62.4 Å². The molecule has 0 saturated heterocycles. The Kier molecular flexibility index (Phi) is 8.37. The summed E-state index contributed by atoms with van der Waals surface area (Å²) in [5.74, 6) is 0.170. The molecular weight excluding hydrogens is 480 g/mol. The van der Waals surface area contributed by atoms with Crippen LogP contribution < -0.4 is 10.6 Å². The van der Waals surface area contributed by atoms with Crippen LogP contribution in [0.15, 0.2) is 4.34 Å². The molecule has 11 heteroatoms. The maximum absolute atomic E-state index is 12.6. The van der Waals surface area contributed by atoms with E-state index < -0.39 is 0 Å². The molecule has 4 rings (SSSR count). The van der Waals surface area contributed by atoms with Crippen molar-refractivity contribution < 1.29 is 19.1 Å². The van der Waals surface area contributed by atoms with E-state index in [2.05, 4.69) is 20.8 Å². The highest BCUT2D eigenvalue weighted by Crippen LogP contribution is 2.39. The van der Waals surface area contributed by atoms with Crippen molar-refractivity contribution in [2.24, 2.45) is 5.92 Å². The van der Waals surface area contributed by atoms with Crippen LogP contribution >= 0.6 is 34.4 Å². The molecule has 0 atom stereocenters. The van der Waals surface area contributed by atoms with Crippen molar-refractivity contribution in [3.8, 4) is 0 Å². The van der Waals surface area contributed by atoms with Crippen LogP contribution in [0.3, 0.4) is 0 Å². The summed E-state index contributed by atoms with van der Waals surface area (Å²) in [6, 6.07) is 0. The number of amides is 2. The van der Waals surface area contributed by atoms with Gasteiger partial charge in [0.25, 0.3) is 0 Å². The fraction of sp³-hybridized carbons (Fsp3) is 0.591. The average molecular weight is 509 g/mol. The number of carbonyl (C=O) groups excluding carboxylic acids is 3. The van der Waals surface area contributed by atoms with E-state index in [0.29, 0.717) is 39.0 Å². The Morgan fingerprint density at radius 3 is 2.67 bits per heavy atom. The van der Waals surface area contributed by atoms with Gasteiger partial charge in [-0.25, -0.2) is 4.79 Å². The molecule has 178 valence electrons. The van der Waals surface area contributed by atoms with E-state index in [1.807, 2.05) is 0 Å². The van der Waals surface area contributed by atoms with E-state index in [4.69, 9.17) is 4.74 Å². The molecule has 0 bridgehead atoms. The van der Waals surface area contributed by atoms with Crippen molar-refractivity contribution in [2.75, 3.05) is 23.0 Å². The first-order valence-corrected chi connectivity index (χ1v) is 14.0. The van der Waals surface area contributed by atoms with E-state index in [1.54, 1.807) is 6.92 Å². The second-order valence-electron chi connectivity index (χ2n) is 8.23. The number of nitrogens with zero attached hydrogens (tertiary/aromatic N) is 2. The molecule has 0 radical (unpaired) electrons. The lowest BCUT2D eigenvalue weighted by atomic mass is 10.0. The van der Waals surface area contributed by atoms with Gasteiger partial charge < -0.3 is 15.4 Å². The molecule has 2 aliphatic rings. The zero-order valence-corrected chi connectivity index (χ0v) is 21.1. The number of esters is 1. The van der Waals surface area contributed by atoms with Crippen LogP contribution in [0.5, 0.6) is 0 Å². The van der Waals surface area contributed by atoms with E-state index in [9.17, 15) is 14.4 Å². The van der Waals surface area contributed by atoms with Crippen LogP contribution in [0.4, 0.5) is 10.1 Å². The van der Waals surface area contributed by atoms with Crippen LogP contribution in [0.1, 0.15) is 72.7 Å². The molecule has 0 aromatic carbocycles. The van der Waals surface area contributed by atoms with Gasteiger partial charge in [0, 0.05) is 11.3 Å². The van der Waals surface area contributed by atoms with Gasteiger partial charge in [0.15, 0.2) is 4.34 Å². The molecular formula is C22H28N4O4S3. The summed E-state index contributed by atoms with van der Waals surface area (Å²) in [6.07, 6.45) is 9.21. The quantitative estimate of drug-likeness (QED) is 0.267. The molecule has 2 heterocycles. The molecule has 2 N–H and O–H groups in total. The van der Waals surface area contributed by atoms with Crippen molar-refractivity contribution in [2.45, 2.75) is 69.1 Å². The summed E-state index contributed by atoms with van der Waals surface area (Å²) in [4.78, 5) is 38.3. The smallest absolute Gasteiger partial charge is 0.341 e. The van der Waals surface area contributed by atoms with Crippen LogP contribution in [-0.4, -0.2) is 40.3 Å². The molecule has 8 nitrogen and oxygen atoms in total. The van der Waals surface area contributed by atoms with Crippen molar-refractivity contribution in [3.05, 3.63) is 16.0 Å². The molecule has 0 unspecified atom stereocenters. The molecule has 0 spiro atoms. The average Bonchev–Trinajstić information content (AvgIpc) is 3.56. The predicted octanol–water partition coefficient (Wildman–Crippen LogP) is 4.90. The third-order valence-electron chi connectivity index (χ3n) is 5.89. The number of hydrogen-bond acceptors (Lipinski definition) is 9. The van der Waals surface area contributed by atoms with Crippen LogP contribution in [-0.2, 0) is 27.2 Å². The molecule has 1 saturated carbocycles. The SMILES string of the molecule is CCOC(=O)c1c(NC(=O)CSc2nnc(NC(=O)CCC3CCCC3)s2)sc2c1CCC2. The second kappa shape index (κ2) is 11.4. The van der Waals surface area contributed by atoms with E-state index in [1.165, 1.54) is 60.1 Å². The number of aromatic nitrogens is 2. The predicted molar refractivity (Wildman–Crippen MR) is 131 cm³/mol. The number of thiophene rings is 1. The summed E-state index contributed by atoms with van der Waals surface area (Å²) in [5.41, 5.74) is 1.52. The Labute approximate surface area is 205 Å². The summed E-state index contributed by atoms with van der Waals surface area (Å²) in [6.45, 7) is 2.07. The molecule has 2 aromatic rings. The molecule has 2 aliphatic carbocycles. The van der Waals surface area contributed by atoms with Gasteiger partial charge in [0.05, 0.1) is 17.9 Å². The highest BCUT2D eigenvalue weighted by Gasteiger charge is 2.28. The zero-order valence-electron chi connectivity index (χ0n) is 18.6. The third kappa shape index (κ3) is 6.33. The number of anilines is 2. The van der Waals surface area contributed by atoms with Crippen LogP contribution in [0.2, 0.25) is 0 Å². The minimum Gasteiger partial charge on any atom is -0.462 e. The molecule has 2 amide bonds. The topological polar surface area (TPSA) is 110 Å². The highest BCUT2D eigenvalue weighted by molar-refractivity contribution is 8.01. The van der Waals surface area contributed by atoms with Crippen LogP contribution in [0, 0.1) is 5.92 Å². The standard InChI is InChI=1S/C22H28N4O4S3/c1-2-30-20(29)18-14-8-5-9-15(14)32-19(18)23-17(28)12-31-22-26-25-21(33-22)24-16(27)11-10-13-6-3-4-7-13/h13H,2-12H2,1H3,(H,23,28)(H,24,25,27). The summed E-state index contributed by atoms with van der Waals surface area (Å²) >= 11 is 3.98. The molecule has 33 heavy (non-hydrogen) atoms. The van der Waals surface area contributed by atoms with E-state index in [0.717, 1.165) is 36.1 Å². The van der Waals surface area contributed by atoms with Crippen LogP contribution in [0.25, 0.3) is 0 Å². The first-order chi connectivity index (χ1) is 16.0. The van der Waals surface area contributed by atoms with Crippen molar-refractivity contribution in [1.82, 2.24) is 10.2 Å². The van der Waals surface area contributed by atoms with E-state index >= 15 is 0 Å². The largest absolute Gasteiger partial charge is 0.462 e. The van der Waals surface area contributed by atoms with Gasteiger partial charge in [0.1, 0.15) is 5.00 Å². The summed E-state index contributed by atoms with van der Waals surface area (Å²) in [5, 5.41) is 14.8. The number of thioether (sulfide) groups is 1. The normalized spacial score (nSPS) is 15.4. The summed E-state index contributed by atoms with van der Waals surface area (Å²) in [7, 11) is 0. The third-order valence-corrected chi connectivity index (χ3v) is 9.07. The van der Waals surface area contributed by atoms with Crippen molar-refractivity contribution in [3.63, 3.8) is 0 Å². The molecule has 1 fully saturated rings. The molecule has 2 aromatic heterocycles. The van der Waals surface area contributed by atoms with Gasteiger partial charge in [-0.3, -0.25) is 9.59 Å². The lowest BCUT2D eigenvalue weighted by molar-refractivity contribution is -0.116. The Morgan fingerprint density at radius 2 is 1.88 bits per heavy atom. The van der Waals surface area contributed by atoms with Gasteiger partial charge in [0.2, 0.25) is 16.9 Å². The number of carbonyl (C=O) groups is 3. The van der Waals surface area contributed by atoms with Gasteiger partial charge >= 0.3 is 5.97 Å². The maximum Gasteiger partial charge on any atom is 0.341 e. The van der Waals surface area contributed by atoms with Crippen molar-refractivity contribution in [1.29, 1.82) is 0 Å². The number of ether oxygens (including phenoxy) is 1. The Balaban J connectivity index is 1.26. The lowest BCUT2D eigenvalue weighted by Crippen LogP contribution is -2.16. The van der Waals surface area contributed by atoms with Gasteiger partial charge in [-0.1, -0.05) is 48.8 Å². The van der Waals surface area contributed by atoms with E-state index in [-0.39, 0.29) is 23.5 Å². The Morgan fingerprint density at radius 1 is 1.06 bits per heavy atom. The minimum atomic E-state index is -0.378. The minimum absolute atomic E-state index is 0.0374. The Hall–Kier alpha value is -1.98. The van der Waals surface area contributed by atoms with Gasteiger partial charge in [-0.05, 0) is 44.1 Å². The second-order valence-corrected chi connectivity index (χ2v) is 11.5. The number of rotatable bonds is 10. The number of aryl methyl sites for hydroxylation is 1. The van der Waals surface area contributed by atoms with Gasteiger partial charge in [-0.2, -0.15) is 0 Å². The number of fused-ring (bicyclic) bond motifs is 1. The number of hydrogen-bond donors (Lipinski definition) is 2. The molecule has 0 aliphatic heterocycles. The first-order valence-electron chi connectivity index (χ1n) is 11.4. The fourth-order valence-corrected chi connectivity index (χ4v) is 7.20. The number of nitrogens with one attached hydrogen (secondary N) is 2. The lowest BCUT2D eigenvalue weighted by Gasteiger charge is -2.07. The summed E-state index contributed by atoms with van der Waals surface area (Å²) < 4.78 is 5.81. The zero-order chi connectivity index (χ0) is 23.2.